The molecule has 0 atom stereocenters. The average molecular weight is 308 g/mol. The lowest BCUT2D eigenvalue weighted by atomic mass is 10.0. The number of allylic oxidation sites excluding steroid dienone is 1. The zero-order valence-electron chi connectivity index (χ0n) is 13.7. The van der Waals surface area contributed by atoms with Crippen LogP contribution in [0.5, 0.6) is 11.5 Å². The van der Waals surface area contributed by atoms with Gasteiger partial charge >= 0.3 is 0 Å². The van der Waals surface area contributed by atoms with Crippen LogP contribution in [0.15, 0.2) is 42.2 Å². The van der Waals surface area contributed by atoms with Crippen LogP contribution in [0.1, 0.15) is 40.4 Å². The molecule has 2 aromatic carbocycles. The highest BCUT2D eigenvalue weighted by molar-refractivity contribution is 6.14. The third-order valence-corrected chi connectivity index (χ3v) is 3.95. The summed E-state index contributed by atoms with van der Waals surface area (Å²) in [6, 6.07) is 11.5. The largest absolute Gasteiger partial charge is 0.493 e. The third kappa shape index (κ3) is 3.00. The number of rotatable bonds is 4. The Kier molecular flexibility index (Phi) is 4.20. The number of aryl methyl sites for hydroxylation is 2. The maximum Gasteiger partial charge on any atom is 0.231 e. The predicted molar refractivity (Wildman–Crippen MR) is 91.1 cm³/mol. The summed E-state index contributed by atoms with van der Waals surface area (Å²) in [5.74, 6) is 1.67. The summed E-state index contributed by atoms with van der Waals surface area (Å²) in [5.41, 5.74) is 3.69. The molecule has 1 aliphatic rings. The van der Waals surface area contributed by atoms with Crippen LogP contribution in [-0.4, -0.2) is 12.4 Å². The van der Waals surface area contributed by atoms with Crippen molar-refractivity contribution < 1.29 is 14.3 Å². The Labute approximate surface area is 136 Å². The molecule has 2 aromatic rings. The van der Waals surface area contributed by atoms with Gasteiger partial charge in [-0.05, 0) is 55.7 Å². The van der Waals surface area contributed by atoms with Crippen LogP contribution < -0.4 is 9.47 Å². The zero-order valence-corrected chi connectivity index (χ0v) is 13.7. The Morgan fingerprint density at radius 3 is 2.65 bits per heavy atom. The highest BCUT2D eigenvalue weighted by Gasteiger charge is 2.28. The summed E-state index contributed by atoms with van der Waals surface area (Å²) >= 11 is 0. The summed E-state index contributed by atoms with van der Waals surface area (Å²) in [6.07, 6.45) is 2.70. The van der Waals surface area contributed by atoms with Crippen molar-refractivity contribution in [3.8, 4) is 11.5 Å². The second kappa shape index (κ2) is 6.29. The standard InChI is InChI=1S/C20H20O3/c1-4-9-22-17-8-6-5-7-15(17)12-19-20(21)16-10-13(2)14(3)11-18(16)23-19/h5-8,10-12H,4,9H2,1-3H3/b19-12-. The number of para-hydroxylation sites is 1. The van der Waals surface area contributed by atoms with Gasteiger partial charge in [0.05, 0.1) is 12.2 Å². The van der Waals surface area contributed by atoms with E-state index in [2.05, 4.69) is 6.92 Å². The van der Waals surface area contributed by atoms with Crippen molar-refractivity contribution in [2.75, 3.05) is 6.61 Å². The molecule has 0 saturated heterocycles. The van der Waals surface area contributed by atoms with Crippen molar-refractivity contribution >= 4 is 11.9 Å². The van der Waals surface area contributed by atoms with Gasteiger partial charge in [-0.15, -0.1) is 0 Å². The first-order chi connectivity index (χ1) is 11.1. The van der Waals surface area contributed by atoms with Gasteiger partial charge in [0, 0.05) is 5.56 Å². The molecule has 1 heterocycles. The van der Waals surface area contributed by atoms with Crippen molar-refractivity contribution in [3.05, 3.63) is 64.4 Å². The second-order valence-corrected chi connectivity index (χ2v) is 5.76. The molecule has 3 rings (SSSR count). The number of hydrogen-bond donors (Lipinski definition) is 0. The molecule has 0 spiro atoms. The summed E-state index contributed by atoms with van der Waals surface area (Å²) in [6.45, 7) is 6.72. The van der Waals surface area contributed by atoms with Gasteiger partial charge in [-0.2, -0.15) is 0 Å². The molecular weight excluding hydrogens is 288 g/mol. The lowest BCUT2D eigenvalue weighted by molar-refractivity contribution is 0.101. The van der Waals surface area contributed by atoms with Crippen molar-refractivity contribution in [1.29, 1.82) is 0 Å². The highest BCUT2D eigenvalue weighted by Crippen LogP contribution is 2.34. The normalized spacial score (nSPS) is 14.7. The van der Waals surface area contributed by atoms with Crippen molar-refractivity contribution in [2.45, 2.75) is 27.2 Å². The van der Waals surface area contributed by atoms with Crippen LogP contribution >= 0.6 is 0 Å². The molecule has 3 heteroatoms. The highest BCUT2D eigenvalue weighted by atomic mass is 16.5. The number of hydrogen-bond acceptors (Lipinski definition) is 3. The van der Waals surface area contributed by atoms with Crippen LogP contribution in [0.25, 0.3) is 6.08 Å². The van der Waals surface area contributed by atoms with Gasteiger partial charge in [0.25, 0.3) is 0 Å². The summed E-state index contributed by atoms with van der Waals surface area (Å²) in [5, 5.41) is 0. The van der Waals surface area contributed by atoms with Crippen LogP contribution in [-0.2, 0) is 0 Å². The predicted octanol–water partition coefficient (Wildman–Crippen LogP) is 4.71. The van der Waals surface area contributed by atoms with Crippen molar-refractivity contribution in [1.82, 2.24) is 0 Å². The van der Waals surface area contributed by atoms with Gasteiger partial charge in [0.2, 0.25) is 5.78 Å². The minimum Gasteiger partial charge on any atom is -0.493 e. The van der Waals surface area contributed by atoms with Crippen molar-refractivity contribution in [3.63, 3.8) is 0 Å². The molecule has 118 valence electrons. The fourth-order valence-corrected chi connectivity index (χ4v) is 2.53. The Bertz CT molecular complexity index is 787. The molecule has 0 N–H and O–H groups in total. The van der Waals surface area contributed by atoms with E-state index in [9.17, 15) is 4.79 Å². The second-order valence-electron chi connectivity index (χ2n) is 5.76. The van der Waals surface area contributed by atoms with Crippen LogP contribution in [0.2, 0.25) is 0 Å². The molecule has 23 heavy (non-hydrogen) atoms. The van der Waals surface area contributed by atoms with Gasteiger partial charge < -0.3 is 9.47 Å². The quantitative estimate of drug-likeness (QED) is 0.767. The first kappa shape index (κ1) is 15.3. The number of ether oxygens (including phenoxy) is 2. The SMILES string of the molecule is CCCOc1ccccc1/C=C1\Oc2cc(C)c(C)cc2C1=O. The van der Waals surface area contributed by atoms with E-state index in [1.807, 2.05) is 50.2 Å². The molecule has 0 aromatic heterocycles. The van der Waals surface area contributed by atoms with Crippen LogP contribution in [0.4, 0.5) is 0 Å². The summed E-state index contributed by atoms with van der Waals surface area (Å²) in [4.78, 5) is 12.6. The molecule has 0 saturated carbocycles. The summed E-state index contributed by atoms with van der Waals surface area (Å²) < 4.78 is 11.5. The molecule has 0 bridgehead atoms. The molecule has 0 radical (unpaired) electrons. The number of carbonyl (C=O) groups excluding carboxylic acids is 1. The monoisotopic (exact) mass is 308 g/mol. The van der Waals surface area contributed by atoms with E-state index in [-0.39, 0.29) is 5.78 Å². The zero-order chi connectivity index (χ0) is 16.4. The van der Waals surface area contributed by atoms with E-state index in [4.69, 9.17) is 9.47 Å². The third-order valence-electron chi connectivity index (χ3n) is 3.95. The van der Waals surface area contributed by atoms with Gasteiger partial charge in [0.15, 0.2) is 5.76 Å². The first-order valence-electron chi connectivity index (χ1n) is 7.87. The van der Waals surface area contributed by atoms with E-state index in [0.717, 1.165) is 28.9 Å². The molecule has 0 fully saturated rings. The fraction of sp³-hybridized carbons (Fsp3) is 0.250. The fourth-order valence-electron chi connectivity index (χ4n) is 2.53. The van der Waals surface area contributed by atoms with E-state index in [0.29, 0.717) is 23.7 Å². The Balaban J connectivity index is 1.95. The number of Topliss-reactive ketones (excluding diaryl/α,β-unsaturated/α-hetero) is 1. The molecule has 1 aliphatic heterocycles. The molecular formula is C20H20O3. The molecule has 0 amide bonds. The van der Waals surface area contributed by atoms with Crippen LogP contribution in [0.3, 0.4) is 0 Å². The molecule has 0 unspecified atom stereocenters. The maximum absolute atomic E-state index is 12.6. The van der Waals surface area contributed by atoms with E-state index < -0.39 is 0 Å². The van der Waals surface area contributed by atoms with E-state index in [1.54, 1.807) is 6.08 Å². The Hall–Kier alpha value is -2.55. The lowest BCUT2D eigenvalue weighted by Gasteiger charge is -2.08. The molecule has 3 nitrogen and oxygen atoms in total. The van der Waals surface area contributed by atoms with E-state index in [1.165, 1.54) is 0 Å². The topological polar surface area (TPSA) is 35.5 Å². The minimum atomic E-state index is -0.0756. The van der Waals surface area contributed by atoms with Gasteiger partial charge in [-0.3, -0.25) is 4.79 Å². The number of carbonyl (C=O) groups is 1. The number of benzene rings is 2. The average Bonchev–Trinajstić information content (AvgIpc) is 2.83. The first-order valence-corrected chi connectivity index (χ1v) is 7.87. The minimum absolute atomic E-state index is 0.0756. The Morgan fingerprint density at radius 1 is 1.13 bits per heavy atom. The number of fused-ring (bicyclic) bond motifs is 1. The smallest absolute Gasteiger partial charge is 0.231 e. The summed E-state index contributed by atoms with van der Waals surface area (Å²) in [7, 11) is 0. The van der Waals surface area contributed by atoms with Gasteiger partial charge in [-0.1, -0.05) is 25.1 Å². The molecule has 0 aliphatic carbocycles. The van der Waals surface area contributed by atoms with Crippen molar-refractivity contribution in [2.24, 2.45) is 0 Å². The maximum atomic E-state index is 12.6. The van der Waals surface area contributed by atoms with Gasteiger partial charge in [0.1, 0.15) is 11.5 Å². The van der Waals surface area contributed by atoms with E-state index >= 15 is 0 Å². The Morgan fingerprint density at radius 2 is 1.87 bits per heavy atom. The number of ketones is 1. The van der Waals surface area contributed by atoms with Gasteiger partial charge in [-0.25, -0.2) is 0 Å². The lowest BCUT2D eigenvalue weighted by Crippen LogP contribution is -2.00. The van der Waals surface area contributed by atoms with Crippen LogP contribution in [0, 0.1) is 13.8 Å².